The molecule has 0 amide bonds. The topological polar surface area (TPSA) is 0 Å². The van der Waals surface area contributed by atoms with Gasteiger partial charge in [-0.15, -0.1) is 0 Å². The van der Waals surface area contributed by atoms with Gasteiger partial charge in [-0.2, -0.15) is 0 Å². The highest BCUT2D eigenvalue weighted by atomic mass is 14.1. The van der Waals surface area contributed by atoms with Gasteiger partial charge in [0, 0.05) is 0 Å². The Kier molecular flexibility index (Phi) is 12.8. The summed E-state index contributed by atoms with van der Waals surface area (Å²) in [6.07, 6.45) is 0. The molecular weight excluding hydrogens is 685 g/mol. The fraction of sp³-hybridized carbons (Fsp3) is 0.0526. The van der Waals surface area contributed by atoms with Gasteiger partial charge in [-0.25, -0.2) is 0 Å². The predicted molar refractivity (Wildman–Crippen MR) is 246 cm³/mol. The zero-order valence-corrected chi connectivity index (χ0v) is 33.0. The fourth-order valence-electron chi connectivity index (χ4n) is 6.80. The van der Waals surface area contributed by atoms with Gasteiger partial charge in [0.25, 0.3) is 0 Å². The van der Waals surface area contributed by atoms with Crippen molar-refractivity contribution in [3.05, 3.63) is 253 Å². The summed E-state index contributed by atoms with van der Waals surface area (Å²) < 4.78 is 0. The predicted octanol–water partition coefficient (Wildman–Crippen LogP) is 16.0. The van der Waals surface area contributed by atoms with Crippen molar-refractivity contribution in [2.75, 3.05) is 0 Å². The second-order valence-corrected chi connectivity index (χ2v) is 14.4. The van der Waals surface area contributed by atoms with E-state index in [1.807, 2.05) is 18.2 Å². The van der Waals surface area contributed by atoms with Gasteiger partial charge < -0.3 is 0 Å². The van der Waals surface area contributed by atoms with E-state index in [9.17, 15) is 0 Å². The zero-order valence-electron chi connectivity index (χ0n) is 33.0. The Labute approximate surface area is 339 Å². The van der Waals surface area contributed by atoms with Crippen molar-refractivity contribution in [1.29, 1.82) is 0 Å². The lowest BCUT2D eigenvalue weighted by Crippen LogP contribution is -1.81. The minimum Gasteiger partial charge on any atom is -0.0622 e. The van der Waals surface area contributed by atoms with E-state index in [1.54, 1.807) is 0 Å². The van der Waals surface area contributed by atoms with Crippen molar-refractivity contribution in [1.82, 2.24) is 0 Å². The first kappa shape index (κ1) is 38.3. The highest BCUT2D eigenvalue weighted by Gasteiger charge is 2.03. The first-order valence-corrected chi connectivity index (χ1v) is 19.7. The summed E-state index contributed by atoms with van der Waals surface area (Å²) in [7, 11) is 0. The average molecular weight is 733 g/mol. The first-order chi connectivity index (χ1) is 28.0. The number of benzene rings is 9. The van der Waals surface area contributed by atoms with Crippen molar-refractivity contribution >= 4 is 0 Å². The van der Waals surface area contributed by atoms with Gasteiger partial charge in [-0.3, -0.25) is 0 Å². The summed E-state index contributed by atoms with van der Waals surface area (Å²) in [5.41, 5.74) is 19.1. The second kappa shape index (κ2) is 19.0. The van der Waals surface area contributed by atoms with Crippen LogP contribution in [0.1, 0.15) is 16.7 Å². The quantitative estimate of drug-likeness (QED) is 0.160. The fourth-order valence-corrected chi connectivity index (χ4v) is 6.80. The molecule has 0 bridgehead atoms. The minimum atomic E-state index is 1.26. The van der Waals surface area contributed by atoms with Crippen LogP contribution in [-0.2, 0) is 0 Å². The smallest absolute Gasteiger partial charge is 0.0178 e. The van der Waals surface area contributed by atoms with Crippen LogP contribution in [0.2, 0.25) is 0 Å². The molecule has 276 valence electrons. The Morgan fingerprint density at radius 1 is 0.158 bits per heavy atom. The minimum absolute atomic E-state index is 1.26. The number of aryl methyl sites for hydroxylation is 3. The highest BCUT2D eigenvalue weighted by molar-refractivity contribution is 5.74. The molecule has 9 aromatic rings. The standard InChI is InChI=1S/3C19H16/c1-15-6-5-9-19(14-15)18-12-10-17(11-13-18)16-7-3-2-4-8-16;1-15-10-12-17(13-11-15)19-9-5-8-18(14-19)16-6-3-2-4-7-16;1-15-7-9-17(10-8-15)19-13-11-18(12-14-19)16-5-3-2-4-6-16/h3*2-14H,1H3. The van der Waals surface area contributed by atoms with E-state index in [4.69, 9.17) is 0 Å². The molecule has 0 atom stereocenters. The van der Waals surface area contributed by atoms with E-state index in [0.717, 1.165) is 0 Å². The summed E-state index contributed by atoms with van der Waals surface area (Å²) in [6, 6.07) is 83.6. The van der Waals surface area contributed by atoms with Crippen molar-refractivity contribution in [3.8, 4) is 66.8 Å². The monoisotopic (exact) mass is 732 g/mol. The molecule has 0 spiro atoms. The van der Waals surface area contributed by atoms with Gasteiger partial charge in [0.1, 0.15) is 0 Å². The zero-order chi connectivity index (χ0) is 39.2. The van der Waals surface area contributed by atoms with Gasteiger partial charge in [-0.1, -0.05) is 247 Å². The molecule has 0 heteroatoms. The molecule has 0 saturated carbocycles. The average Bonchev–Trinajstić information content (AvgIpc) is 3.28. The van der Waals surface area contributed by atoms with Crippen molar-refractivity contribution in [2.45, 2.75) is 20.8 Å². The second-order valence-electron chi connectivity index (χ2n) is 14.4. The molecule has 0 heterocycles. The summed E-state index contributed by atoms with van der Waals surface area (Å²) in [6.45, 7) is 6.36. The van der Waals surface area contributed by atoms with Crippen LogP contribution in [0.15, 0.2) is 237 Å². The molecule has 0 unspecified atom stereocenters. The van der Waals surface area contributed by atoms with Crippen LogP contribution >= 0.6 is 0 Å². The number of hydrogen-bond acceptors (Lipinski definition) is 0. The Bertz CT molecular complexity index is 2570. The van der Waals surface area contributed by atoms with E-state index >= 15 is 0 Å². The van der Waals surface area contributed by atoms with E-state index in [2.05, 4.69) is 239 Å². The van der Waals surface area contributed by atoms with Gasteiger partial charge in [0.05, 0.1) is 0 Å². The van der Waals surface area contributed by atoms with Crippen molar-refractivity contribution in [2.24, 2.45) is 0 Å². The lowest BCUT2D eigenvalue weighted by atomic mass is 9.99. The molecule has 57 heavy (non-hydrogen) atoms. The molecular formula is C57H48. The van der Waals surface area contributed by atoms with Crippen LogP contribution in [0.5, 0.6) is 0 Å². The molecule has 0 aliphatic rings. The van der Waals surface area contributed by atoms with Crippen LogP contribution in [0.4, 0.5) is 0 Å². The van der Waals surface area contributed by atoms with Gasteiger partial charge >= 0.3 is 0 Å². The van der Waals surface area contributed by atoms with Crippen LogP contribution in [0.25, 0.3) is 66.8 Å². The Morgan fingerprint density at radius 2 is 0.386 bits per heavy atom. The SMILES string of the molecule is Cc1ccc(-c2ccc(-c3ccccc3)cc2)cc1.Cc1ccc(-c2cccc(-c3ccccc3)c2)cc1.Cc1cccc(-c2ccc(-c3ccccc3)cc2)c1. The normalized spacial score (nSPS) is 10.4. The Balaban J connectivity index is 0.000000131. The molecule has 9 aromatic carbocycles. The molecule has 0 fully saturated rings. The maximum absolute atomic E-state index is 2.25. The van der Waals surface area contributed by atoms with Crippen LogP contribution in [-0.4, -0.2) is 0 Å². The molecule has 0 aliphatic heterocycles. The third-order valence-electron chi connectivity index (χ3n) is 10.1. The van der Waals surface area contributed by atoms with Crippen molar-refractivity contribution in [3.63, 3.8) is 0 Å². The number of hydrogen-bond donors (Lipinski definition) is 0. The first-order valence-electron chi connectivity index (χ1n) is 19.7. The highest BCUT2D eigenvalue weighted by Crippen LogP contribution is 2.28. The van der Waals surface area contributed by atoms with E-state index in [0.29, 0.717) is 0 Å². The summed E-state index contributed by atoms with van der Waals surface area (Å²) in [4.78, 5) is 0. The maximum Gasteiger partial charge on any atom is -0.0178 e. The molecule has 0 nitrogen and oxygen atoms in total. The summed E-state index contributed by atoms with van der Waals surface area (Å²) in [5.74, 6) is 0. The third kappa shape index (κ3) is 10.6. The van der Waals surface area contributed by atoms with E-state index in [-0.39, 0.29) is 0 Å². The lowest BCUT2D eigenvalue weighted by molar-refractivity contribution is 1.47. The van der Waals surface area contributed by atoms with Gasteiger partial charge in [-0.05, 0) is 93.6 Å². The Hall–Kier alpha value is -7.02. The van der Waals surface area contributed by atoms with Crippen LogP contribution < -0.4 is 0 Å². The molecule has 0 N–H and O–H groups in total. The van der Waals surface area contributed by atoms with Gasteiger partial charge in [0.2, 0.25) is 0 Å². The molecule has 0 radical (unpaired) electrons. The van der Waals surface area contributed by atoms with Crippen LogP contribution in [0.3, 0.4) is 0 Å². The summed E-state index contributed by atoms with van der Waals surface area (Å²) in [5, 5.41) is 0. The largest absolute Gasteiger partial charge is 0.0622 e. The molecule has 0 aromatic heterocycles. The van der Waals surface area contributed by atoms with Crippen LogP contribution in [0, 0.1) is 20.8 Å². The lowest BCUT2D eigenvalue weighted by Gasteiger charge is -2.06. The molecule has 0 saturated heterocycles. The molecule has 0 aliphatic carbocycles. The Morgan fingerprint density at radius 3 is 0.719 bits per heavy atom. The summed E-state index contributed by atoms with van der Waals surface area (Å²) >= 11 is 0. The van der Waals surface area contributed by atoms with Crippen molar-refractivity contribution < 1.29 is 0 Å². The number of rotatable bonds is 6. The molecule has 9 rings (SSSR count). The van der Waals surface area contributed by atoms with E-state index < -0.39 is 0 Å². The maximum atomic E-state index is 2.25. The van der Waals surface area contributed by atoms with Gasteiger partial charge in [0.15, 0.2) is 0 Å². The van der Waals surface area contributed by atoms with E-state index in [1.165, 1.54) is 83.5 Å². The third-order valence-corrected chi connectivity index (χ3v) is 10.1.